The van der Waals surface area contributed by atoms with E-state index in [9.17, 15) is 30.7 Å². The van der Waals surface area contributed by atoms with Gasteiger partial charge in [-0.05, 0) is 54.4 Å². The molecule has 0 N–H and O–H groups in total. The van der Waals surface area contributed by atoms with Gasteiger partial charge < -0.3 is 9.47 Å². The number of ether oxygens (including phenoxy) is 2. The zero-order valence-electron chi connectivity index (χ0n) is 21.3. The molecule has 4 rings (SSSR count). The molecule has 0 aliphatic heterocycles. The van der Waals surface area contributed by atoms with E-state index in [1.54, 1.807) is 0 Å². The third-order valence-corrected chi connectivity index (χ3v) is 6.20. The number of benzene rings is 4. The predicted octanol–water partition coefficient (Wildman–Crippen LogP) is 7.95. The van der Waals surface area contributed by atoms with Crippen LogP contribution in [0.2, 0.25) is 0 Å². The third kappa shape index (κ3) is 6.72. The fourth-order valence-electron chi connectivity index (χ4n) is 3.92. The molecule has 1 atom stereocenters. The molecule has 41 heavy (non-hydrogen) atoms. The second-order valence-electron chi connectivity index (χ2n) is 8.76. The first-order chi connectivity index (χ1) is 19.4. The second-order valence-corrected chi connectivity index (χ2v) is 9.39. The van der Waals surface area contributed by atoms with Crippen molar-refractivity contribution in [1.82, 2.24) is 0 Å². The van der Waals surface area contributed by atoms with Crippen molar-refractivity contribution < 1.29 is 40.2 Å². The van der Waals surface area contributed by atoms with Gasteiger partial charge in [-0.15, -0.1) is 9.24 Å². The van der Waals surface area contributed by atoms with Gasteiger partial charge in [0.2, 0.25) is 0 Å². The molecule has 0 amide bonds. The van der Waals surface area contributed by atoms with Crippen molar-refractivity contribution in [2.24, 2.45) is 0 Å². The molecule has 210 valence electrons. The van der Waals surface area contributed by atoms with Crippen LogP contribution in [0.25, 0.3) is 11.1 Å². The van der Waals surface area contributed by atoms with Crippen LogP contribution in [0.4, 0.5) is 30.7 Å². The Balaban J connectivity index is 1.59. The van der Waals surface area contributed by atoms with Crippen molar-refractivity contribution in [2.45, 2.75) is 13.0 Å². The third-order valence-electron chi connectivity index (χ3n) is 5.78. The summed E-state index contributed by atoms with van der Waals surface area (Å²) in [4.78, 5) is 0. The lowest BCUT2D eigenvalue weighted by Crippen LogP contribution is -2.25. The number of rotatable bonds is 7. The Morgan fingerprint density at radius 1 is 0.829 bits per heavy atom. The van der Waals surface area contributed by atoms with Crippen LogP contribution in [0.3, 0.4) is 0 Å². The minimum absolute atomic E-state index is 0.0437. The van der Waals surface area contributed by atoms with E-state index >= 15 is 0 Å². The maximum absolute atomic E-state index is 15.0. The van der Waals surface area contributed by atoms with E-state index in [2.05, 4.69) is 23.2 Å². The van der Waals surface area contributed by atoms with Crippen molar-refractivity contribution in [3.05, 3.63) is 125 Å². The highest BCUT2D eigenvalue weighted by molar-refractivity contribution is 7.27. The maximum atomic E-state index is 15.0. The highest BCUT2D eigenvalue weighted by atomic mass is 31.0. The Labute approximate surface area is 233 Å². The molecule has 10 heteroatoms. The lowest BCUT2D eigenvalue weighted by Gasteiger charge is -2.21. The molecule has 0 aliphatic rings. The minimum atomic E-state index is -4.27. The highest BCUT2D eigenvalue weighted by Crippen LogP contribution is 2.38. The van der Waals surface area contributed by atoms with Crippen LogP contribution in [0, 0.1) is 47.9 Å². The van der Waals surface area contributed by atoms with Gasteiger partial charge in [-0.1, -0.05) is 36.6 Å². The zero-order valence-corrected chi connectivity index (χ0v) is 22.5. The lowest BCUT2D eigenvalue weighted by atomic mass is 9.97. The molecule has 0 radical (unpaired) electrons. The maximum Gasteiger partial charge on any atom is 0.429 e. The van der Waals surface area contributed by atoms with Gasteiger partial charge in [0.1, 0.15) is 41.1 Å². The van der Waals surface area contributed by atoms with E-state index in [0.29, 0.717) is 17.9 Å². The van der Waals surface area contributed by atoms with Gasteiger partial charge in [-0.25, -0.2) is 22.0 Å². The van der Waals surface area contributed by atoms with Gasteiger partial charge in [-0.3, -0.25) is 0 Å². The van der Waals surface area contributed by atoms with E-state index in [-0.39, 0.29) is 39.7 Å². The second kappa shape index (κ2) is 12.1. The molecule has 4 aromatic rings. The summed E-state index contributed by atoms with van der Waals surface area (Å²) in [7, 11) is 1.84. The van der Waals surface area contributed by atoms with Gasteiger partial charge in [0.25, 0.3) is 0 Å². The molecule has 0 saturated heterocycles. The Morgan fingerprint density at radius 2 is 1.56 bits per heavy atom. The van der Waals surface area contributed by atoms with Crippen molar-refractivity contribution >= 4 is 14.5 Å². The Kier molecular flexibility index (Phi) is 8.74. The molecule has 0 saturated carbocycles. The quantitative estimate of drug-likeness (QED) is 0.0945. The van der Waals surface area contributed by atoms with Gasteiger partial charge >= 0.3 is 6.11 Å². The first-order valence-electron chi connectivity index (χ1n) is 11.9. The summed E-state index contributed by atoms with van der Waals surface area (Å²) < 4.78 is 111. The van der Waals surface area contributed by atoms with Crippen LogP contribution in [0.5, 0.6) is 11.5 Å². The molecular formula is C31H20F7O2P. The van der Waals surface area contributed by atoms with E-state index in [0.717, 1.165) is 24.3 Å². The van der Waals surface area contributed by atoms with Crippen molar-refractivity contribution in [2.75, 3.05) is 6.61 Å². The van der Waals surface area contributed by atoms with Crippen molar-refractivity contribution in [1.29, 1.82) is 0 Å². The monoisotopic (exact) mass is 588 g/mol. The van der Waals surface area contributed by atoms with Gasteiger partial charge in [-0.2, -0.15) is 8.78 Å². The van der Waals surface area contributed by atoms with E-state index in [1.165, 1.54) is 37.3 Å². The van der Waals surface area contributed by atoms with E-state index in [4.69, 9.17) is 4.74 Å². The molecule has 0 heterocycles. The molecule has 2 nitrogen and oxygen atoms in total. The standard InChI is InChI=1S/C31H20F7O2P/c1-3-10-39-21-8-7-19(24(32)14-21)6-4-18-5-9-23(25(33)12-18)20-11-17(2)29(26(34)13-20)31(37,38)40-22-15-27(35)30(36)28(41)16-22/h3,5,7-9,11-16H,1,10,41H2,2H3. The Morgan fingerprint density at radius 3 is 2.20 bits per heavy atom. The molecule has 0 aromatic heterocycles. The van der Waals surface area contributed by atoms with Crippen LogP contribution in [0.1, 0.15) is 22.3 Å². The van der Waals surface area contributed by atoms with Gasteiger partial charge in [0.05, 0.1) is 5.56 Å². The Hall–Kier alpha value is -4.28. The molecule has 0 fully saturated rings. The molecule has 0 bridgehead atoms. The summed E-state index contributed by atoms with van der Waals surface area (Å²) >= 11 is 0. The largest absolute Gasteiger partial charge is 0.489 e. The van der Waals surface area contributed by atoms with Crippen LogP contribution in [0.15, 0.2) is 73.3 Å². The summed E-state index contributed by atoms with van der Waals surface area (Å²) in [6.45, 7) is 4.88. The summed E-state index contributed by atoms with van der Waals surface area (Å²) in [6.07, 6.45) is -2.76. The average molecular weight is 588 g/mol. The van der Waals surface area contributed by atoms with Crippen molar-refractivity contribution in [3.63, 3.8) is 0 Å². The van der Waals surface area contributed by atoms with E-state index < -0.39 is 46.5 Å². The SMILES string of the molecule is C=CCOc1ccc(C#Cc2ccc(-c3cc(C)c(C(F)(F)Oc4cc(F)c(F)c(P)c4)c(F)c3)c(F)c2)c(F)c1. The number of hydrogen-bond donors (Lipinski definition) is 0. The van der Waals surface area contributed by atoms with Crippen LogP contribution < -0.4 is 14.8 Å². The van der Waals surface area contributed by atoms with E-state index in [1.807, 2.05) is 9.24 Å². The number of hydrogen-bond acceptors (Lipinski definition) is 2. The Bertz CT molecular complexity index is 1660. The number of alkyl halides is 2. The summed E-state index contributed by atoms with van der Waals surface area (Å²) in [5.41, 5.74) is -1.34. The highest BCUT2D eigenvalue weighted by Gasteiger charge is 2.40. The summed E-state index contributed by atoms with van der Waals surface area (Å²) in [5.74, 6) is -0.730. The fraction of sp³-hybridized carbons (Fsp3) is 0.0968. The van der Waals surface area contributed by atoms with Gasteiger partial charge in [0, 0.05) is 28.6 Å². The summed E-state index contributed by atoms with van der Waals surface area (Å²) in [5, 5.41) is -0.358. The van der Waals surface area contributed by atoms with Crippen LogP contribution in [-0.4, -0.2) is 6.61 Å². The van der Waals surface area contributed by atoms with Crippen molar-refractivity contribution in [3.8, 4) is 34.5 Å². The van der Waals surface area contributed by atoms with Crippen LogP contribution in [-0.2, 0) is 6.11 Å². The molecule has 0 spiro atoms. The fourth-order valence-corrected chi connectivity index (χ4v) is 4.22. The number of aryl methyl sites for hydroxylation is 1. The smallest absolute Gasteiger partial charge is 0.429 e. The minimum Gasteiger partial charge on any atom is -0.489 e. The normalized spacial score (nSPS) is 11.0. The topological polar surface area (TPSA) is 18.5 Å². The number of halogens is 7. The van der Waals surface area contributed by atoms with Gasteiger partial charge in [0.15, 0.2) is 11.6 Å². The van der Waals surface area contributed by atoms with Crippen LogP contribution >= 0.6 is 9.24 Å². The predicted molar refractivity (Wildman–Crippen MR) is 145 cm³/mol. The first-order valence-corrected chi connectivity index (χ1v) is 12.4. The average Bonchev–Trinajstić information content (AvgIpc) is 2.89. The molecule has 0 aliphatic carbocycles. The first kappa shape index (κ1) is 29.7. The summed E-state index contributed by atoms with van der Waals surface area (Å²) in [6, 6.07) is 10.9. The molecule has 4 aromatic carbocycles. The zero-order chi connectivity index (χ0) is 29.9. The lowest BCUT2D eigenvalue weighted by molar-refractivity contribution is -0.187. The molecular weight excluding hydrogens is 568 g/mol. The molecule has 1 unspecified atom stereocenters.